The summed E-state index contributed by atoms with van der Waals surface area (Å²) in [7, 11) is 0. The molecule has 1 unspecified atom stereocenters. The van der Waals surface area contributed by atoms with Crippen LogP contribution in [0.5, 0.6) is 0 Å². The highest BCUT2D eigenvalue weighted by Gasteiger charge is 2.16. The Hall–Kier alpha value is -2.07. The van der Waals surface area contributed by atoms with Crippen molar-refractivity contribution < 1.29 is 0 Å². The van der Waals surface area contributed by atoms with Crippen molar-refractivity contribution in [1.82, 2.24) is 0 Å². The van der Waals surface area contributed by atoms with E-state index in [1.165, 1.54) is 16.7 Å². The number of allylic oxidation sites excluding steroid dienone is 10. The van der Waals surface area contributed by atoms with Crippen LogP contribution in [-0.2, 0) is 0 Å². The quantitative estimate of drug-likeness (QED) is 0.345. The molecular formula is C23H33N. The van der Waals surface area contributed by atoms with E-state index in [-0.39, 0.29) is 5.41 Å². The van der Waals surface area contributed by atoms with Gasteiger partial charge in [0, 0.05) is 0 Å². The summed E-state index contributed by atoms with van der Waals surface area (Å²) < 4.78 is 0. The van der Waals surface area contributed by atoms with Gasteiger partial charge in [-0.3, -0.25) is 0 Å². The van der Waals surface area contributed by atoms with E-state index in [9.17, 15) is 5.26 Å². The molecule has 0 bridgehead atoms. The third-order valence-electron chi connectivity index (χ3n) is 3.50. The molecule has 0 aromatic rings. The Morgan fingerprint density at radius 3 is 2.12 bits per heavy atom. The van der Waals surface area contributed by atoms with E-state index in [1.807, 2.05) is 31.2 Å². The summed E-state index contributed by atoms with van der Waals surface area (Å²) in [6, 6.07) is 2.35. The van der Waals surface area contributed by atoms with E-state index in [0.717, 1.165) is 12.8 Å². The Kier molecular flexibility index (Phi) is 9.08. The van der Waals surface area contributed by atoms with Gasteiger partial charge in [0.2, 0.25) is 0 Å². The Morgan fingerprint density at radius 1 is 1.04 bits per heavy atom. The fourth-order valence-electron chi connectivity index (χ4n) is 2.51. The normalized spacial score (nSPS) is 16.6. The van der Waals surface area contributed by atoms with Gasteiger partial charge in [0.15, 0.2) is 0 Å². The zero-order valence-electron chi connectivity index (χ0n) is 16.3. The van der Waals surface area contributed by atoms with Gasteiger partial charge in [-0.25, -0.2) is 0 Å². The van der Waals surface area contributed by atoms with Gasteiger partial charge < -0.3 is 0 Å². The van der Waals surface area contributed by atoms with Crippen molar-refractivity contribution in [2.24, 2.45) is 10.8 Å². The summed E-state index contributed by atoms with van der Waals surface area (Å²) >= 11 is 0. The molecular weight excluding hydrogens is 290 g/mol. The van der Waals surface area contributed by atoms with Gasteiger partial charge in [0.05, 0.1) is 11.5 Å². The standard InChI is InChI=1S/C23H33N/c1-9-11-14-23(8,18-24)16-20(4)15-19(3)12-13-21(10-2)17-22(5,6)7/h9-14,16H,1-2,15,17H2,3-8H3/b14-11-,19-12+,20-16+,21-13+. The molecule has 0 saturated heterocycles. The molecule has 0 aliphatic carbocycles. The van der Waals surface area contributed by atoms with Gasteiger partial charge in [0.25, 0.3) is 0 Å². The fraction of sp³-hybridized carbons (Fsp3) is 0.435. The van der Waals surface area contributed by atoms with Crippen LogP contribution >= 0.6 is 0 Å². The zero-order valence-corrected chi connectivity index (χ0v) is 16.3. The van der Waals surface area contributed by atoms with Gasteiger partial charge in [-0.15, -0.1) is 0 Å². The molecule has 0 aliphatic rings. The number of nitriles is 1. The molecule has 0 saturated carbocycles. The smallest absolute Gasteiger partial charge is 0.0911 e. The lowest BCUT2D eigenvalue weighted by Gasteiger charge is -2.18. The maximum atomic E-state index is 9.40. The number of hydrogen-bond donors (Lipinski definition) is 0. The van der Waals surface area contributed by atoms with Crippen molar-refractivity contribution in [2.45, 2.75) is 54.4 Å². The molecule has 0 rings (SSSR count). The third-order valence-corrected chi connectivity index (χ3v) is 3.50. The van der Waals surface area contributed by atoms with Crippen LogP contribution in [0.3, 0.4) is 0 Å². The molecule has 0 N–H and O–H groups in total. The van der Waals surface area contributed by atoms with Crippen LogP contribution in [0.25, 0.3) is 0 Å². The lowest BCUT2D eigenvalue weighted by atomic mass is 9.87. The Labute approximate surface area is 149 Å². The topological polar surface area (TPSA) is 23.8 Å². The maximum Gasteiger partial charge on any atom is 0.0911 e. The average molecular weight is 324 g/mol. The van der Waals surface area contributed by atoms with Crippen molar-refractivity contribution in [3.05, 3.63) is 72.4 Å². The second-order valence-corrected chi connectivity index (χ2v) is 7.85. The molecule has 1 nitrogen and oxygen atoms in total. The van der Waals surface area contributed by atoms with Crippen LogP contribution in [0.15, 0.2) is 72.4 Å². The summed E-state index contributed by atoms with van der Waals surface area (Å²) in [5.41, 5.74) is 3.37. The van der Waals surface area contributed by atoms with Gasteiger partial charge in [-0.1, -0.05) is 87.6 Å². The summed E-state index contributed by atoms with van der Waals surface area (Å²) in [6.45, 7) is 20.4. The largest absolute Gasteiger partial charge is 0.197 e. The molecule has 1 atom stereocenters. The number of rotatable bonds is 8. The predicted octanol–water partition coefficient (Wildman–Crippen LogP) is 7.09. The molecule has 0 radical (unpaired) electrons. The Morgan fingerprint density at radius 2 is 1.67 bits per heavy atom. The van der Waals surface area contributed by atoms with E-state index in [0.29, 0.717) is 0 Å². The van der Waals surface area contributed by atoms with Gasteiger partial charge in [-0.05, 0) is 44.6 Å². The van der Waals surface area contributed by atoms with E-state index >= 15 is 0 Å². The molecule has 1 heteroatoms. The van der Waals surface area contributed by atoms with Crippen LogP contribution in [0.1, 0.15) is 54.4 Å². The Bertz CT molecular complexity index is 597. The molecule has 24 heavy (non-hydrogen) atoms. The molecule has 0 aromatic carbocycles. The summed E-state index contributed by atoms with van der Waals surface area (Å²) in [5.74, 6) is 0. The first kappa shape index (κ1) is 21.9. The van der Waals surface area contributed by atoms with Crippen molar-refractivity contribution in [3.63, 3.8) is 0 Å². The summed E-state index contributed by atoms with van der Waals surface area (Å²) in [6.07, 6.45) is 15.5. The minimum atomic E-state index is -0.590. The minimum absolute atomic E-state index is 0.254. The summed E-state index contributed by atoms with van der Waals surface area (Å²) in [5, 5.41) is 9.40. The fourth-order valence-corrected chi connectivity index (χ4v) is 2.51. The third kappa shape index (κ3) is 9.85. The molecule has 0 aliphatic heterocycles. The highest BCUT2D eigenvalue weighted by molar-refractivity contribution is 5.29. The van der Waals surface area contributed by atoms with Gasteiger partial charge in [-0.2, -0.15) is 5.26 Å². The molecule has 130 valence electrons. The lowest BCUT2D eigenvalue weighted by molar-refractivity contribution is 0.413. The molecule has 0 amide bonds. The lowest BCUT2D eigenvalue weighted by Crippen LogP contribution is -2.06. The monoisotopic (exact) mass is 323 g/mol. The first-order valence-corrected chi connectivity index (χ1v) is 8.44. The van der Waals surface area contributed by atoms with Crippen molar-refractivity contribution in [2.75, 3.05) is 0 Å². The minimum Gasteiger partial charge on any atom is -0.197 e. The van der Waals surface area contributed by atoms with E-state index in [4.69, 9.17) is 0 Å². The van der Waals surface area contributed by atoms with Crippen molar-refractivity contribution >= 4 is 0 Å². The highest BCUT2D eigenvalue weighted by atomic mass is 14.3. The maximum absolute atomic E-state index is 9.40. The van der Waals surface area contributed by atoms with Crippen LogP contribution in [0, 0.1) is 22.2 Å². The first-order chi connectivity index (χ1) is 11.0. The van der Waals surface area contributed by atoms with Gasteiger partial charge >= 0.3 is 0 Å². The Balaban J connectivity index is 5.14. The van der Waals surface area contributed by atoms with E-state index in [1.54, 1.807) is 6.08 Å². The predicted molar refractivity (Wildman–Crippen MR) is 108 cm³/mol. The van der Waals surface area contributed by atoms with Crippen molar-refractivity contribution in [3.8, 4) is 6.07 Å². The van der Waals surface area contributed by atoms with Crippen LogP contribution in [0.4, 0.5) is 0 Å². The van der Waals surface area contributed by atoms with Crippen LogP contribution in [-0.4, -0.2) is 0 Å². The first-order valence-electron chi connectivity index (χ1n) is 8.44. The van der Waals surface area contributed by atoms with E-state index in [2.05, 4.69) is 66.0 Å². The van der Waals surface area contributed by atoms with Crippen molar-refractivity contribution in [1.29, 1.82) is 5.26 Å². The number of hydrogen-bond acceptors (Lipinski definition) is 1. The molecule has 0 aromatic heterocycles. The van der Waals surface area contributed by atoms with Crippen LogP contribution in [0.2, 0.25) is 0 Å². The van der Waals surface area contributed by atoms with Crippen LogP contribution < -0.4 is 0 Å². The molecule has 0 spiro atoms. The zero-order chi connectivity index (χ0) is 18.8. The molecule has 0 heterocycles. The highest BCUT2D eigenvalue weighted by Crippen LogP contribution is 2.26. The second kappa shape index (κ2) is 9.93. The average Bonchev–Trinajstić information content (AvgIpc) is 2.48. The SMILES string of the molecule is C=C/C=C\C(C)(C#N)/C=C(\C)C/C(C)=C/C=C(\C=C)CC(C)(C)C. The van der Waals surface area contributed by atoms with E-state index < -0.39 is 5.41 Å². The van der Waals surface area contributed by atoms with Gasteiger partial charge in [0.1, 0.15) is 0 Å². The second-order valence-electron chi connectivity index (χ2n) is 7.85. The number of nitrogens with zero attached hydrogens (tertiary/aromatic N) is 1. The summed E-state index contributed by atoms with van der Waals surface area (Å²) in [4.78, 5) is 0. The molecule has 0 fully saturated rings.